The molecule has 3 rings (SSSR count). The summed E-state index contributed by atoms with van der Waals surface area (Å²) in [6.45, 7) is 3.57. The third kappa shape index (κ3) is 2.82. The Bertz CT molecular complexity index is 684. The van der Waals surface area contributed by atoms with E-state index in [0.29, 0.717) is 30.8 Å². The third-order valence-electron chi connectivity index (χ3n) is 4.80. The molecule has 0 amide bonds. The zero-order valence-corrected chi connectivity index (χ0v) is 14.4. The van der Waals surface area contributed by atoms with E-state index in [1.165, 1.54) is 11.1 Å². The second kappa shape index (κ2) is 6.73. The number of hydrogen-bond donors (Lipinski definition) is 1. The number of carbonyl (C=O) groups is 1. The molecule has 0 unspecified atom stereocenters. The highest BCUT2D eigenvalue weighted by atomic mass is 16.5. The minimum atomic E-state index is -0.299. The monoisotopic (exact) mass is 332 g/mol. The Balaban J connectivity index is 1.95. The summed E-state index contributed by atoms with van der Waals surface area (Å²) in [5.41, 5.74) is 9.86. The summed E-state index contributed by atoms with van der Waals surface area (Å²) in [7, 11) is 3.28. The second-order valence-corrected chi connectivity index (χ2v) is 6.07. The van der Waals surface area contributed by atoms with Gasteiger partial charge in [0.2, 0.25) is 0 Å². The number of methoxy groups -OCH3 is 2. The highest BCUT2D eigenvalue weighted by Crippen LogP contribution is 2.42. The topological polar surface area (TPSA) is 74.0 Å². The van der Waals surface area contributed by atoms with E-state index in [2.05, 4.69) is 4.90 Å². The summed E-state index contributed by atoms with van der Waals surface area (Å²) in [4.78, 5) is 14.4. The molecule has 1 atom stereocenters. The van der Waals surface area contributed by atoms with Gasteiger partial charge in [0.1, 0.15) is 0 Å². The highest BCUT2D eigenvalue weighted by molar-refractivity contribution is 5.90. The summed E-state index contributed by atoms with van der Waals surface area (Å²) in [5.74, 6) is 1.17. The quantitative estimate of drug-likeness (QED) is 0.847. The predicted molar refractivity (Wildman–Crippen MR) is 90.0 cm³/mol. The number of ether oxygens (including phenoxy) is 3. The molecule has 0 bridgehead atoms. The van der Waals surface area contributed by atoms with E-state index in [9.17, 15) is 4.79 Å². The first-order valence-electron chi connectivity index (χ1n) is 8.22. The van der Waals surface area contributed by atoms with Gasteiger partial charge in [0.15, 0.2) is 11.5 Å². The molecule has 2 heterocycles. The van der Waals surface area contributed by atoms with Crippen LogP contribution in [0.1, 0.15) is 30.5 Å². The Kier molecular flexibility index (Phi) is 4.66. The first-order valence-corrected chi connectivity index (χ1v) is 8.22. The number of hydrogen-bond acceptors (Lipinski definition) is 6. The first-order chi connectivity index (χ1) is 11.6. The van der Waals surface area contributed by atoms with Crippen molar-refractivity contribution in [1.82, 2.24) is 4.90 Å². The lowest BCUT2D eigenvalue weighted by Crippen LogP contribution is -2.42. The molecular formula is C18H24N2O4. The van der Waals surface area contributed by atoms with Crippen LogP contribution < -0.4 is 15.2 Å². The lowest BCUT2D eigenvalue weighted by Gasteiger charge is -2.41. The lowest BCUT2D eigenvalue weighted by atomic mass is 9.86. The largest absolute Gasteiger partial charge is 0.493 e. The van der Waals surface area contributed by atoms with Crippen molar-refractivity contribution < 1.29 is 19.0 Å². The fourth-order valence-electron chi connectivity index (χ4n) is 3.56. The molecule has 2 N–H and O–H groups in total. The fraction of sp³-hybridized carbons (Fsp3) is 0.500. The predicted octanol–water partition coefficient (Wildman–Crippen LogP) is 1.78. The Morgan fingerprint density at radius 2 is 2.00 bits per heavy atom. The van der Waals surface area contributed by atoms with Crippen LogP contribution in [0.3, 0.4) is 0 Å². The maximum atomic E-state index is 12.1. The van der Waals surface area contributed by atoms with Crippen LogP contribution in [0.4, 0.5) is 0 Å². The summed E-state index contributed by atoms with van der Waals surface area (Å²) in [6, 6.07) is 4.24. The maximum absolute atomic E-state index is 12.1. The molecule has 0 radical (unpaired) electrons. The van der Waals surface area contributed by atoms with Gasteiger partial charge in [-0.15, -0.1) is 0 Å². The summed E-state index contributed by atoms with van der Waals surface area (Å²) >= 11 is 0. The van der Waals surface area contributed by atoms with Crippen molar-refractivity contribution in [3.05, 3.63) is 34.5 Å². The number of nitrogens with zero attached hydrogens (tertiary/aromatic N) is 1. The number of nitrogens with two attached hydrogens (primary N) is 1. The molecule has 0 saturated carbocycles. The highest BCUT2D eigenvalue weighted by Gasteiger charge is 2.35. The molecule has 0 fully saturated rings. The van der Waals surface area contributed by atoms with Crippen LogP contribution in [0.5, 0.6) is 11.5 Å². The van der Waals surface area contributed by atoms with Gasteiger partial charge in [0.25, 0.3) is 0 Å². The van der Waals surface area contributed by atoms with Crippen molar-refractivity contribution >= 4 is 5.97 Å². The molecule has 24 heavy (non-hydrogen) atoms. The third-order valence-corrected chi connectivity index (χ3v) is 4.80. The number of esters is 1. The minimum Gasteiger partial charge on any atom is -0.493 e. The summed E-state index contributed by atoms with van der Waals surface area (Å²) < 4.78 is 16.0. The zero-order valence-electron chi connectivity index (χ0n) is 14.4. The molecule has 1 aromatic carbocycles. The summed E-state index contributed by atoms with van der Waals surface area (Å²) in [5, 5.41) is 0. The van der Waals surface area contributed by atoms with Crippen molar-refractivity contribution in [1.29, 1.82) is 0 Å². The van der Waals surface area contributed by atoms with Gasteiger partial charge < -0.3 is 19.9 Å². The van der Waals surface area contributed by atoms with Gasteiger partial charge in [-0.3, -0.25) is 4.90 Å². The zero-order chi connectivity index (χ0) is 17.3. The molecule has 1 aromatic rings. The van der Waals surface area contributed by atoms with Crippen LogP contribution in [-0.2, 0) is 16.0 Å². The van der Waals surface area contributed by atoms with E-state index in [4.69, 9.17) is 19.9 Å². The first kappa shape index (κ1) is 16.6. The van der Waals surface area contributed by atoms with Gasteiger partial charge in [-0.2, -0.15) is 0 Å². The Hall–Kier alpha value is -2.21. The molecule has 0 aromatic heterocycles. The van der Waals surface area contributed by atoms with Gasteiger partial charge in [-0.05, 0) is 36.6 Å². The number of fused-ring (bicyclic) bond motifs is 3. The Labute approximate surface area is 142 Å². The molecule has 0 spiro atoms. The van der Waals surface area contributed by atoms with Gasteiger partial charge in [0.05, 0.1) is 26.4 Å². The van der Waals surface area contributed by atoms with Gasteiger partial charge in [-0.25, -0.2) is 4.79 Å². The van der Waals surface area contributed by atoms with Gasteiger partial charge >= 0.3 is 5.97 Å². The Morgan fingerprint density at radius 3 is 2.67 bits per heavy atom. The van der Waals surface area contributed by atoms with E-state index in [0.717, 1.165) is 24.5 Å². The minimum absolute atomic E-state index is 0.159. The van der Waals surface area contributed by atoms with E-state index >= 15 is 0 Å². The van der Waals surface area contributed by atoms with E-state index in [-0.39, 0.29) is 12.0 Å². The number of rotatable bonds is 4. The average Bonchev–Trinajstić information content (AvgIpc) is 2.60. The molecule has 6 heteroatoms. The molecule has 0 aliphatic carbocycles. The van der Waals surface area contributed by atoms with Gasteiger partial charge in [0, 0.05) is 31.2 Å². The molecule has 130 valence electrons. The van der Waals surface area contributed by atoms with Crippen molar-refractivity contribution in [3.8, 4) is 11.5 Å². The number of carbonyl (C=O) groups excluding carboxylic acids is 1. The Morgan fingerprint density at radius 1 is 1.29 bits per heavy atom. The van der Waals surface area contributed by atoms with Crippen LogP contribution in [0, 0.1) is 0 Å². The maximum Gasteiger partial charge on any atom is 0.337 e. The molecule has 2 aliphatic heterocycles. The van der Waals surface area contributed by atoms with Crippen LogP contribution in [0.25, 0.3) is 0 Å². The van der Waals surface area contributed by atoms with Crippen LogP contribution in [-0.4, -0.2) is 44.8 Å². The van der Waals surface area contributed by atoms with E-state index in [1.54, 1.807) is 21.1 Å². The molecule has 0 saturated heterocycles. The van der Waals surface area contributed by atoms with Crippen LogP contribution in [0.2, 0.25) is 0 Å². The van der Waals surface area contributed by atoms with Crippen molar-refractivity contribution in [2.75, 3.05) is 33.9 Å². The SMILES string of the molecule is CCOC(=O)C1=C(N)C[C@H]2c3cc(OC)c(OC)cc3CCN2C1. The second-order valence-electron chi connectivity index (χ2n) is 6.07. The smallest absolute Gasteiger partial charge is 0.337 e. The normalized spacial score (nSPS) is 20.2. The average molecular weight is 332 g/mol. The van der Waals surface area contributed by atoms with Crippen molar-refractivity contribution in [2.45, 2.75) is 25.8 Å². The van der Waals surface area contributed by atoms with E-state index < -0.39 is 0 Å². The van der Waals surface area contributed by atoms with Crippen molar-refractivity contribution in [3.63, 3.8) is 0 Å². The summed E-state index contributed by atoms with van der Waals surface area (Å²) in [6.07, 6.45) is 1.53. The standard InChI is InChI=1S/C18H24N2O4/c1-4-24-18(21)13-10-20-6-5-11-7-16(22-2)17(23-3)8-12(11)15(20)9-14(13)19/h7-8,15H,4-6,9-10,19H2,1-3H3/t15-/m0/s1. The van der Waals surface area contributed by atoms with E-state index in [1.807, 2.05) is 12.1 Å². The lowest BCUT2D eigenvalue weighted by molar-refractivity contribution is -0.139. The molecule has 6 nitrogen and oxygen atoms in total. The van der Waals surface area contributed by atoms with Crippen LogP contribution in [0.15, 0.2) is 23.4 Å². The molecular weight excluding hydrogens is 308 g/mol. The van der Waals surface area contributed by atoms with Crippen molar-refractivity contribution in [2.24, 2.45) is 5.73 Å². The number of benzene rings is 1. The van der Waals surface area contributed by atoms with Crippen LogP contribution >= 0.6 is 0 Å². The molecule has 2 aliphatic rings. The fourth-order valence-corrected chi connectivity index (χ4v) is 3.56. The van der Waals surface area contributed by atoms with Gasteiger partial charge in [-0.1, -0.05) is 0 Å².